The van der Waals surface area contributed by atoms with Gasteiger partial charge in [0.2, 0.25) is 0 Å². The van der Waals surface area contributed by atoms with Crippen LogP contribution in [0.15, 0.2) is 48.5 Å². The van der Waals surface area contributed by atoms with Crippen LogP contribution in [0.3, 0.4) is 0 Å². The summed E-state index contributed by atoms with van der Waals surface area (Å²) in [6.45, 7) is 6.29. The van der Waals surface area contributed by atoms with Gasteiger partial charge in [0.05, 0.1) is 23.4 Å². The number of nitrogens with two attached hydrogens (primary N) is 1. The van der Waals surface area contributed by atoms with Gasteiger partial charge in [-0.15, -0.1) is 21.5 Å². The predicted molar refractivity (Wildman–Crippen MR) is 214 cm³/mol. The summed E-state index contributed by atoms with van der Waals surface area (Å²) in [6.07, 6.45) is 4.68. The van der Waals surface area contributed by atoms with Gasteiger partial charge in [-0.25, -0.2) is 19.2 Å². The first-order valence-corrected chi connectivity index (χ1v) is 19.8. The number of aromatic carboxylic acids is 1. The van der Waals surface area contributed by atoms with Gasteiger partial charge in [-0.05, 0) is 121 Å². The second-order valence-corrected chi connectivity index (χ2v) is 15.7. The zero-order valence-electron chi connectivity index (χ0n) is 30.8. The van der Waals surface area contributed by atoms with E-state index in [1.165, 1.54) is 17.4 Å². The lowest BCUT2D eigenvalue weighted by Gasteiger charge is -2.30. The van der Waals surface area contributed by atoms with Gasteiger partial charge in [0.15, 0.2) is 39.2 Å². The topological polar surface area (TPSA) is 146 Å². The van der Waals surface area contributed by atoms with Crippen LogP contribution in [0.25, 0.3) is 10.2 Å². The van der Waals surface area contributed by atoms with E-state index in [1.54, 1.807) is 23.5 Å². The van der Waals surface area contributed by atoms with Gasteiger partial charge in [0.25, 0.3) is 0 Å². The molecule has 0 unspecified atom stereocenters. The van der Waals surface area contributed by atoms with E-state index in [-0.39, 0.29) is 24.1 Å². The molecule has 15 heteroatoms. The number of benzene rings is 2. The third-order valence-corrected chi connectivity index (χ3v) is 11.1. The highest BCUT2D eigenvalue weighted by atomic mass is 32.1. The number of hydrogen-bond acceptors (Lipinski definition) is 13. The highest BCUT2D eigenvalue weighted by Gasteiger charge is 2.24. The molecule has 2 aromatic carbocycles. The number of rotatable bonds is 16. The number of nitrogens with zero attached hydrogens (tertiary/aromatic N) is 7. The number of aromatic nitrogens is 4. The SMILES string of the molecule is Cc1cc(N(CCCCN2CCC(N)CC2)c2nc(C(=O)O)c(CCCOc3ccc(C#CCN(C)C)cc3F)s2)nnc1Nc1nc2ccccc2s1. The standard InChI is InChI=1S/C39H46FN9O3S2/c1-26-24-34(45-46-36(26)44-38-42-30-11-4-5-12-32(30)53-38)49(20-7-6-19-48-21-16-28(41)17-22-48)39-43-35(37(50)51)33(54-39)13-9-23-52-31-15-14-27(25-29(31)40)10-8-18-47(2)3/h4-5,11-12,14-15,24-25,28H,6-7,9,13,16-23,41H2,1-3H3,(H,50,51)(H,42,44,46). The second kappa shape index (κ2) is 18.5. The highest BCUT2D eigenvalue weighted by Crippen LogP contribution is 2.34. The number of aryl methyl sites for hydroxylation is 2. The van der Waals surface area contributed by atoms with Crippen molar-refractivity contribution in [3.63, 3.8) is 0 Å². The van der Waals surface area contributed by atoms with Crippen LogP contribution in [0, 0.1) is 24.6 Å². The molecule has 1 saturated heterocycles. The van der Waals surface area contributed by atoms with Crippen molar-refractivity contribution in [2.24, 2.45) is 5.73 Å². The van der Waals surface area contributed by atoms with Gasteiger partial charge >= 0.3 is 5.97 Å². The van der Waals surface area contributed by atoms with E-state index in [1.807, 2.05) is 61.2 Å². The number of fused-ring (bicyclic) bond motifs is 1. The van der Waals surface area contributed by atoms with Crippen molar-refractivity contribution in [3.8, 4) is 17.6 Å². The Hall–Kier alpha value is -4.72. The van der Waals surface area contributed by atoms with Crippen molar-refractivity contribution < 1.29 is 19.0 Å². The normalized spacial score (nSPS) is 13.6. The minimum Gasteiger partial charge on any atom is -0.491 e. The quantitative estimate of drug-likeness (QED) is 0.0725. The fraction of sp³-hybridized carbons (Fsp3) is 0.410. The molecule has 1 aliphatic heterocycles. The maximum Gasteiger partial charge on any atom is 0.355 e. The fourth-order valence-corrected chi connectivity index (χ4v) is 8.04. The molecule has 0 aliphatic carbocycles. The number of para-hydroxylation sites is 1. The first-order chi connectivity index (χ1) is 26.1. The summed E-state index contributed by atoms with van der Waals surface area (Å²) in [4.78, 5) is 28.7. The third kappa shape index (κ3) is 10.5. The summed E-state index contributed by atoms with van der Waals surface area (Å²) in [5.74, 6) is 5.65. The van der Waals surface area contributed by atoms with Crippen molar-refractivity contribution in [1.82, 2.24) is 30.0 Å². The van der Waals surface area contributed by atoms with E-state index in [4.69, 9.17) is 10.5 Å². The van der Waals surface area contributed by atoms with Crippen molar-refractivity contribution in [1.29, 1.82) is 0 Å². The number of unbranched alkanes of at least 4 members (excludes halogenated alkanes) is 1. The fourth-order valence-electron chi connectivity index (χ4n) is 6.05. The van der Waals surface area contributed by atoms with Gasteiger partial charge in [-0.1, -0.05) is 35.3 Å². The van der Waals surface area contributed by atoms with Gasteiger partial charge in [-0.3, -0.25) is 4.90 Å². The molecule has 3 aromatic heterocycles. The molecule has 1 fully saturated rings. The third-order valence-electron chi connectivity index (χ3n) is 8.99. The van der Waals surface area contributed by atoms with Crippen molar-refractivity contribution in [2.45, 2.75) is 51.5 Å². The van der Waals surface area contributed by atoms with Crippen LogP contribution in [0.1, 0.15) is 58.6 Å². The number of carboxylic acid groups (broad SMARTS) is 1. The smallest absolute Gasteiger partial charge is 0.355 e. The minimum absolute atomic E-state index is 0.00436. The molecule has 0 spiro atoms. The van der Waals surface area contributed by atoms with E-state index >= 15 is 0 Å². The Kier molecular flexibility index (Phi) is 13.4. The second-order valence-electron chi connectivity index (χ2n) is 13.6. The Labute approximate surface area is 323 Å². The minimum atomic E-state index is -1.11. The summed E-state index contributed by atoms with van der Waals surface area (Å²) in [6, 6.07) is 14.8. The lowest BCUT2D eigenvalue weighted by molar-refractivity contribution is 0.0690. The van der Waals surface area contributed by atoms with Crippen LogP contribution < -0.4 is 20.7 Å². The zero-order valence-corrected chi connectivity index (χ0v) is 32.5. The average Bonchev–Trinajstić information content (AvgIpc) is 3.76. The number of piperidine rings is 1. The molecule has 0 amide bonds. The summed E-state index contributed by atoms with van der Waals surface area (Å²) in [7, 11) is 3.84. The summed E-state index contributed by atoms with van der Waals surface area (Å²) >= 11 is 2.87. The number of hydrogen-bond donors (Lipinski definition) is 3. The van der Waals surface area contributed by atoms with E-state index in [0.717, 1.165) is 66.2 Å². The van der Waals surface area contributed by atoms with E-state index in [9.17, 15) is 14.3 Å². The molecule has 54 heavy (non-hydrogen) atoms. The van der Waals surface area contributed by atoms with Gasteiger partial charge in [0.1, 0.15) is 0 Å². The molecule has 5 aromatic rings. The molecule has 284 valence electrons. The number of anilines is 4. The number of halogens is 1. The Balaban J connectivity index is 1.15. The van der Waals surface area contributed by atoms with E-state index in [0.29, 0.717) is 53.1 Å². The number of carbonyl (C=O) groups is 1. The monoisotopic (exact) mass is 771 g/mol. The molecule has 0 radical (unpaired) electrons. The molecular formula is C39H46FN9O3S2. The number of nitrogens with one attached hydrogen (secondary N) is 1. The molecule has 4 heterocycles. The maximum atomic E-state index is 14.7. The van der Waals surface area contributed by atoms with Crippen molar-refractivity contribution in [3.05, 3.63) is 76.0 Å². The number of ether oxygens (including phenoxy) is 1. The maximum absolute atomic E-state index is 14.7. The van der Waals surface area contributed by atoms with E-state index < -0.39 is 11.8 Å². The highest BCUT2D eigenvalue weighted by molar-refractivity contribution is 7.22. The van der Waals surface area contributed by atoms with Crippen LogP contribution in [-0.4, -0.2) is 101 Å². The zero-order chi connectivity index (χ0) is 38.0. The summed E-state index contributed by atoms with van der Waals surface area (Å²) < 4.78 is 21.6. The first-order valence-electron chi connectivity index (χ1n) is 18.1. The van der Waals surface area contributed by atoms with Crippen LogP contribution in [0.4, 0.5) is 26.3 Å². The van der Waals surface area contributed by atoms with Crippen molar-refractivity contribution >= 4 is 60.8 Å². The number of likely N-dealkylation sites (tertiary alicyclic amines) is 1. The Morgan fingerprint density at radius 1 is 1.09 bits per heavy atom. The van der Waals surface area contributed by atoms with Crippen molar-refractivity contribution in [2.75, 3.05) is 63.6 Å². The number of carboxylic acids is 1. The number of thiazole rings is 2. The summed E-state index contributed by atoms with van der Waals surface area (Å²) in [5, 5.41) is 23.8. The van der Waals surface area contributed by atoms with Crippen LogP contribution in [0.2, 0.25) is 0 Å². The Bertz CT molecular complexity index is 2070. The molecule has 0 atom stereocenters. The Morgan fingerprint density at radius 2 is 1.91 bits per heavy atom. The predicted octanol–water partition coefficient (Wildman–Crippen LogP) is 6.70. The summed E-state index contributed by atoms with van der Waals surface area (Å²) in [5.41, 5.74) is 8.45. The lowest BCUT2D eigenvalue weighted by atomic mass is 10.1. The molecule has 0 saturated carbocycles. The van der Waals surface area contributed by atoms with Crippen LogP contribution in [0.5, 0.6) is 5.75 Å². The lowest BCUT2D eigenvalue weighted by Crippen LogP contribution is -2.40. The molecule has 6 rings (SSSR count). The Morgan fingerprint density at radius 3 is 2.65 bits per heavy atom. The molecule has 12 nitrogen and oxygen atoms in total. The largest absolute Gasteiger partial charge is 0.491 e. The average molecular weight is 772 g/mol. The van der Waals surface area contributed by atoms with Gasteiger partial charge in [-0.2, -0.15) is 0 Å². The first kappa shape index (κ1) is 39.0. The van der Waals surface area contributed by atoms with E-state index in [2.05, 4.69) is 42.2 Å². The van der Waals surface area contributed by atoms with Crippen LogP contribution >= 0.6 is 22.7 Å². The van der Waals surface area contributed by atoms with Crippen LogP contribution in [-0.2, 0) is 6.42 Å². The van der Waals surface area contributed by atoms with Gasteiger partial charge in [0, 0.05) is 23.0 Å². The molecule has 1 aliphatic rings. The molecule has 4 N–H and O–H groups in total. The molecular weight excluding hydrogens is 726 g/mol. The molecule has 0 bridgehead atoms. The van der Waals surface area contributed by atoms with Gasteiger partial charge < -0.3 is 30.7 Å².